The molecule has 1 saturated carbocycles. The molecule has 4 heteroatoms. The van der Waals surface area contributed by atoms with Crippen LogP contribution in [0.5, 0.6) is 0 Å². The minimum absolute atomic E-state index is 0.411. The van der Waals surface area contributed by atoms with Crippen molar-refractivity contribution in [1.29, 1.82) is 0 Å². The molecular formula is C9H15N3S. The van der Waals surface area contributed by atoms with E-state index in [9.17, 15) is 0 Å². The number of hydrogen-bond acceptors (Lipinski definition) is 2. The zero-order valence-electron chi connectivity index (χ0n) is 8.24. The monoisotopic (exact) mass is 197 g/mol. The second kappa shape index (κ2) is 2.94. The number of rotatable bonds is 2. The van der Waals surface area contributed by atoms with Crippen LogP contribution in [0.15, 0.2) is 0 Å². The maximum absolute atomic E-state index is 5.18. The summed E-state index contributed by atoms with van der Waals surface area (Å²) < 4.78 is 2.88. The molecule has 2 unspecified atom stereocenters. The first-order valence-corrected chi connectivity index (χ1v) is 5.19. The lowest BCUT2D eigenvalue weighted by atomic mass is 10.3. The zero-order chi connectivity index (χ0) is 9.59. The van der Waals surface area contributed by atoms with E-state index in [-0.39, 0.29) is 0 Å². The molecule has 0 radical (unpaired) electrons. The molecule has 2 atom stereocenters. The Morgan fingerprint density at radius 2 is 2.23 bits per heavy atom. The van der Waals surface area contributed by atoms with Crippen LogP contribution in [0.2, 0.25) is 0 Å². The van der Waals surface area contributed by atoms with Gasteiger partial charge in [0.1, 0.15) is 5.82 Å². The van der Waals surface area contributed by atoms with Crippen molar-refractivity contribution in [1.82, 2.24) is 14.8 Å². The van der Waals surface area contributed by atoms with Gasteiger partial charge in [0, 0.05) is 12.0 Å². The van der Waals surface area contributed by atoms with E-state index in [0.29, 0.717) is 12.0 Å². The van der Waals surface area contributed by atoms with E-state index in [0.717, 1.165) is 16.5 Å². The normalized spacial score (nSPS) is 26.8. The average Bonchev–Trinajstić information content (AvgIpc) is 2.60. The molecule has 3 nitrogen and oxygen atoms in total. The van der Waals surface area contributed by atoms with E-state index < -0.39 is 0 Å². The van der Waals surface area contributed by atoms with Crippen molar-refractivity contribution in [3.63, 3.8) is 0 Å². The van der Waals surface area contributed by atoms with E-state index in [1.165, 1.54) is 6.42 Å². The fourth-order valence-electron chi connectivity index (χ4n) is 1.76. The van der Waals surface area contributed by atoms with E-state index in [1.54, 1.807) is 0 Å². The molecule has 0 bridgehead atoms. The first-order chi connectivity index (χ1) is 6.11. The highest BCUT2D eigenvalue weighted by Crippen LogP contribution is 2.46. The predicted molar refractivity (Wildman–Crippen MR) is 54.3 cm³/mol. The molecule has 0 saturated heterocycles. The molecule has 0 aromatic carbocycles. The number of aromatic nitrogens is 3. The maximum atomic E-state index is 5.18. The zero-order valence-corrected chi connectivity index (χ0v) is 9.06. The van der Waals surface area contributed by atoms with Gasteiger partial charge in [-0.1, -0.05) is 6.92 Å². The third-order valence-electron chi connectivity index (χ3n) is 2.69. The van der Waals surface area contributed by atoms with Gasteiger partial charge in [-0.2, -0.15) is 5.10 Å². The summed E-state index contributed by atoms with van der Waals surface area (Å²) in [5, 5.41) is 7.17. The molecule has 2 rings (SSSR count). The predicted octanol–water partition coefficient (Wildman–Crippen LogP) is 2.64. The summed E-state index contributed by atoms with van der Waals surface area (Å²) in [6, 6.07) is 0.411. The molecule has 1 heterocycles. The van der Waals surface area contributed by atoms with Gasteiger partial charge in [0.15, 0.2) is 4.77 Å². The van der Waals surface area contributed by atoms with Crippen molar-refractivity contribution < 1.29 is 0 Å². The van der Waals surface area contributed by atoms with Crippen molar-refractivity contribution >= 4 is 12.2 Å². The number of hydrogen-bond donors (Lipinski definition) is 1. The van der Waals surface area contributed by atoms with Gasteiger partial charge in [0.2, 0.25) is 0 Å². The molecular weight excluding hydrogens is 182 g/mol. The van der Waals surface area contributed by atoms with Crippen molar-refractivity contribution in [2.45, 2.75) is 39.2 Å². The van der Waals surface area contributed by atoms with Gasteiger partial charge in [-0.05, 0) is 38.4 Å². The smallest absolute Gasteiger partial charge is 0.195 e. The van der Waals surface area contributed by atoms with Crippen LogP contribution in [0.25, 0.3) is 0 Å². The van der Waals surface area contributed by atoms with E-state index in [1.807, 2.05) is 0 Å². The van der Waals surface area contributed by atoms with Crippen molar-refractivity contribution in [3.05, 3.63) is 10.6 Å². The van der Waals surface area contributed by atoms with Crippen LogP contribution < -0.4 is 0 Å². The minimum Gasteiger partial charge on any atom is -0.301 e. The summed E-state index contributed by atoms with van der Waals surface area (Å²) in [5.41, 5.74) is 0. The van der Waals surface area contributed by atoms with Crippen LogP contribution in [-0.4, -0.2) is 14.8 Å². The Kier molecular flexibility index (Phi) is 2.02. The lowest BCUT2D eigenvalue weighted by Gasteiger charge is -2.09. The van der Waals surface area contributed by atoms with Crippen LogP contribution in [-0.2, 0) is 0 Å². The molecule has 0 amide bonds. The Morgan fingerprint density at radius 3 is 2.69 bits per heavy atom. The fraction of sp³-hybridized carbons (Fsp3) is 0.778. The molecule has 13 heavy (non-hydrogen) atoms. The van der Waals surface area contributed by atoms with Gasteiger partial charge < -0.3 is 4.57 Å². The standard InChI is InChI=1S/C9H15N3S/c1-5(2)12-8(7-4-6(7)3)10-11-9(12)13/h5-7H,4H2,1-3H3,(H,11,13). The van der Waals surface area contributed by atoms with Gasteiger partial charge in [-0.3, -0.25) is 5.10 Å². The Balaban J connectivity index is 2.40. The minimum atomic E-state index is 0.411. The third-order valence-corrected chi connectivity index (χ3v) is 2.98. The molecule has 1 N–H and O–H groups in total. The summed E-state index contributed by atoms with van der Waals surface area (Å²) in [6.07, 6.45) is 1.26. The van der Waals surface area contributed by atoms with Crippen molar-refractivity contribution in [2.24, 2.45) is 5.92 Å². The highest BCUT2D eigenvalue weighted by Gasteiger charge is 2.38. The Hall–Kier alpha value is -0.640. The van der Waals surface area contributed by atoms with Crippen LogP contribution in [0.4, 0.5) is 0 Å². The van der Waals surface area contributed by atoms with Gasteiger partial charge in [-0.25, -0.2) is 0 Å². The first kappa shape index (κ1) is 8.94. The molecule has 0 aliphatic heterocycles. The van der Waals surface area contributed by atoms with Gasteiger partial charge in [-0.15, -0.1) is 0 Å². The lowest BCUT2D eigenvalue weighted by molar-refractivity contribution is 0.558. The quantitative estimate of drug-likeness (QED) is 0.739. The molecule has 1 aromatic rings. The van der Waals surface area contributed by atoms with Crippen LogP contribution in [0.3, 0.4) is 0 Å². The second-order valence-electron chi connectivity index (χ2n) is 4.17. The average molecular weight is 197 g/mol. The third kappa shape index (κ3) is 1.43. The van der Waals surface area contributed by atoms with Crippen LogP contribution >= 0.6 is 12.2 Å². The van der Waals surface area contributed by atoms with E-state index in [4.69, 9.17) is 12.2 Å². The van der Waals surface area contributed by atoms with E-state index in [2.05, 4.69) is 35.5 Å². The molecule has 1 fully saturated rings. The van der Waals surface area contributed by atoms with Gasteiger partial charge in [0.05, 0.1) is 0 Å². The highest BCUT2D eigenvalue weighted by molar-refractivity contribution is 7.71. The number of nitrogens with one attached hydrogen (secondary N) is 1. The number of aromatic amines is 1. The number of H-pyrrole nitrogens is 1. The molecule has 1 aromatic heterocycles. The lowest BCUT2D eigenvalue weighted by Crippen LogP contribution is -2.05. The summed E-state index contributed by atoms with van der Waals surface area (Å²) in [5.74, 6) is 2.56. The van der Waals surface area contributed by atoms with E-state index >= 15 is 0 Å². The summed E-state index contributed by atoms with van der Waals surface area (Å²) in [4.78, 5) is 0. The Morgan fingerprint density at radius 1 is 1.62 bits per heavy atom. The maximum Gasteiger partial charge on any atom is 0.195 e. The highest BCUT2D eigenvalue weighted by atomic mass is 32.1. The first-order valence-electron chi connectivity index (χ1n) is 4.78. The summed E-state index contributed by atoms with van der Waals surface area (Å²) >= 11 is 5.18. The van der Waals surface area contributed by atoms with Crippen molar-refractivity contribution in [3.8, 4) is 0 Å². The molecule has 1 aliphatic carbocycles. The Labute approximate surface area is 83.2 Å². The topological polar surface area (TPSA) is 33.6 Å². The van der Waals surface area contributed by atoms with Crippen molar-refractivity contribution in [2.75, 3.05) is 0 Å². The molecule has 72 valence electrons. The fourth-order valence-corrected chi connectivity index (χ4v) is 2.11. The molecule has 1 aliphatic rings. The van der Waals surface area contributed by atoms with Crippen LogP contribution in [0, 0.1) is 10.7 Å². The summed E-state index contributed by atoms with van der Waals surface area (Å²) in [6.45, 7) is 6.54. The molecule has 0 spiro atoms. The number of nitrogens with zero attached hydrogens (tertiary/aromatic N) is 2. The summed E-state index contributed by atoms with van der Waals surface area (Å²) in [7, 11) is 0. The SMILES string of the molecule is CC1CC1c1n[nH]c(=S)n1C(C)C. The van der Waals surface area contributed by atoms with Crippen LogP contribution in [0.1, 0.15) is 45.0 Å². The second-order valence-corrected chi connectivity index (χ2v) is 4.56. The Bertz CT molecular complexity index is 363. The van der Waals surface area contributed by atoms with Gasteiger partial charge in [0.25, 0.3) is 0 Å². The van der Waals surface area contributed by atoms with Gasteiger partial charge >= 0.3 is 0 Å². The largest absolute Gasteiger partial charge is 0.301 e.